The van der Waals surface area contributed by atoms with Crippen LogP contribution in [0, 0.1) is 0 Å². The van der Waals surface area contributed by atoms with Crippen LogP contribution in [0.1, 0.15) is 6.92 Å². The number of ether oxygens (including phenoxy) is 1. The molecule has 0 spiro atoms. The highest BCUT2D eigenvalue weighted by Crippen LogP contribution is 2.16. The van der Waals surface area contributed by atoms with Gasteiger partial charge in [-0.25, -0.2) is 4.98 Å². The Bertz CT molecular complexity index is 448. The Morgan fingerprint density at radius 2 is 2.38 bits per heavy atom. The summed E-state index contributed by atoms with van der Waals surface area (Å²) in [5, 5.41) is 0. The van der Waals surface area contributed by atoms with Crippen LogP contribution in [-0.4, -0.2) is 15.4 Å². The molecule has 2 aromatic heterocycles. The molecule has 0 radical (unpaired) electrons. The molecule has 0 aliphatic carbocycles. The predicted octanol–water partition coefficient (Wildman–Crippen LogP) is 1.26. The maximum absolute atomic E-state index is 10.7. The van der Waals surface area contributed by atoms with Gasteiger partial charge in [0, 0.05) is 25.5 Å². The van der Waals surface area contributed by atoms with E-state index in [1.807, 2.05) is 22.7 Å². The van der Waals surface area contributed by atoms with Crippen molar-refractivity contribution in [3.8, 4) is 5.88 Å². The first-order valence-electron chi connectivity index (χ1n) is 3.87. The molecule has 0 N–H and O–H groups in total. The van der Waals surface area contributed by atoms with Gasteiger partial charge >= 0.3 is 5.97 Å². The molecule has 13 heavy (non-hydrogen) atoms. The van der Waals surface area contributed by atoms with Crippen molar-refractivity contribution in [1.29, 1.82) is 0 Å². The molecule has 0 atom stereocenters. The van der Waals surface area contributed by atoms with Crippen molar-refractivity contribution in [2.24, 2.45) is 0 Å². The van der Waals surface area contributed by atoms with Crippen LogP contribution in [0.4, 0.5) is 0 Å². The minimum Gasteiger partial charge on any atom is -0.405 e. The second kappa shape index (κ2) is 2.90. The van der Waals surface area contributed by atoms with Gasteiger partial charge in [-0.2, -0.15) is 0 Å². The van der Waals surface area contributed by atoms with Crippen LogP contribution in [0.15, 0.2) is 30.7 Å². The van der Waals surface area contributed by atoms with Crippen molar-refractivity contribution in [3.05, 3.63) is 30.7 Å². The number of carbonyl (C=O) groups excluding carboxylic acids is 1. The quantitative estimate of drug-likeness (QED) is 0.614. The normalized spacial score (nSPS) is 10.2. The SMILES string of the molecule is CC(=O)Oc1nccn2cccc12. The van der Waals surface area contributed by atoms with Gasteiger partial charge in [-0.15, -0.1) is 0 Å². The topological polar surface area (TPSA) is 43.6 Å². The number of nitrogens with zero attached hydrogens (tertiary/aromatic N) is 2. The van der Waals surface area contributed by atoms with Gasteiger partial charge in [-0.3, -0.25) is 4.79 Å². The monoisotopic (exact) mass is 176 g/mol. The fourth-order valence-electron chi connectivity index (χ4n) is 1.16. The van der Waals surface area contributed by atoms with Crippen molar-refractivity contribution >= 4 is 11.5 Å². The highest BCUT2D eigenvalue weighted by atomic mass is 16.5. The van der Waals surface area contributed by atoms with E-state index in [0.717, 1.165) is 5.52 Å². The van der Waals surface area contributed by atoms with Crippen molar-refractivity contribution in [3.63, 3.8) is 0 Å². The van der Waals surface area contributed by atoms with Gasteiger partial charge in [0.05, 0.1) is 0 Å². The standard InChI is InChI=1S/C9H8N2O2/c1-7(12)13-9-8-3-2-5-11(8)6-4-10-9/h2-6H,1H3. The molecule has 2 heterocycles. The van der Waals surface area contributed by atoms with E-state index in [0.29, 0.717) is 5.88 Å². The van der Waals surface area contributed by atoms with Gasteiger partial charge in [0.15, 0.2) is 0 Å². The lowest BCUT2D eigenvalue weighted by molar-refractivity contribution is -0.132. The zero-order chi connectivity index (χ0) is 9.26. The largest absolute Gasteiger partial charge is 0.405 e. The van der Waals surface area contributed by atoms with Crippen LogP contribution >= 0.6 is 0 Å². The molecule has 0 saturated heterocycles. The number of esters is 1. The van der Waals surface area contributed by atoms with Crippen LogP contribution < -0.4 is 4.74 Å². The lowest BCUT2D eigenvalue weighted by Crippen LogP contribution is -2.04. The maximum Gasteiger partial charge on any atom is 0.309 e. The molecule has 0 aliphatic rings. The first-order valence-corrected chi connectivity index (χ1v) is 3.87. The highest BCUT2D eigenvalue weighted by molar-refractivity contribution is 5.72. The van der Waals surface area contributed by atoms with Crippen LogP contribution in [0.3, 0.4) is 0 Å². The summed E-state index contributed by atoms with van der Waals surface area (Å²) in [5.74, 6) is -0.0122. The summed E-state index contributed by atoms with van der Waals surface area (Å²) in [6.07, 6.45) is 5.25. The molecule has 2 aromatic rings. The van der Waals surface area contributed by atoms with Crippen molar-refractivity contribution in [2.45, 2.75) is 6.92 Å². The van der Waals surface area contributed by atoms with Crippen LogP contribution in [0.5, 0.6) is 5.88 Å². The molecule has 4 heteroatoms. The molecule has 0 fully saturated rings. The Kier molecular flexibility index (Phi) is 1.73. The van der Waals surface area contributed by atoms with Crippen molar-refractivity contribution in [2.75, 3.05) is 0 Å². The zero-order valence-corrected chi connectivity index (χ0v) is 7.10. The minimum absolute atomic E-state index is 0.347. The predicted molar refractivity (Wildman–Crippen MR) is 46.5 cm³/mol. The summed E-state index contributed by atoms with van der Waals surface area (Å²) in [6, 6.07) is 3.70. The summed E-state index contributed by atoms with van der Waals surface area (Å²) in [5.41, 5.74) is 0.790. The average Bonchev–Trinajstić information content (AvgIpc) is 2.51. The zero-order valence-electron chi connectivity index (χ0n) is 7.10. The molecule has 0 bridgehead atoms. The molecule has 0 unspecified atom stereocenters. The number of aromatic nitrogens is 2. The number of rotatable bonds is 1. The Morgan fingerprint density at radius 3 is 3.15 bits per heavy atom. The molecule has 0 aliphatic heterocycles. The van der Waals surface area contributed by atoms with Gasteiger partial charge < -0.3 is 9.14 Å². The van der Waals surface area contributed by atoms with Gasteiger partial charge in [0.2, 0.25) is 5.88 Å². The Hall–Kier alpha value is -1.84. The average molecular weight is 176 g/mol. The summed E-state index contributed by atoms with van der Waals surface area (Å²) >= 11 is 0. The van der Waals surface area contributed by atoms with E-state index in [9.17, 15) is 4.79 Å². The Labute approximate surface area is 74.8 Å². The third-order valence-electron chi connectivity index (χ3n) is 1.66. The second-order valence-electron chi connectivity index (χ2n) is 2.63. The third kappa shape index (κ3) is 1.38. The first-order chi connectivity index (χ1) is 6.27. The molecule has 0 aromatic carbocycles. The number of hydrogen-bond donors (Lipinski definition) is 0. The Balaban J connectivity index is 2.54. The van der Waals surface area contributed by atoms with Gasteiger partial charge in [0.1, 0.15) is 5.52 Å². The molecular formula is C9H8N2O2. The first kappa shape index (κ1) is 7.79. The number of fused-ring (bicyclic) bond motifs is 1. The second-order valence-corrected chi connectivity index (χ2v) is 2.63. The van der Waals surface area contributed by atoms with Crippen molar-refractivity contribution in [1.82, 2.24) is 9.38 Å². The highest BCUT2D eigenvalue weighted by Gasteiger charge is 2.04. The summed E-state index contributed by atoms with van der Waals surface area (Å²) in [7, 11) is 0. The summed E-state index contributed by atoms with van der Waals surface area (Å²) in [4.78, 5) is 14.7. The maximum atomic E-state index is 10.7. The van der Waals surface area contributed by atoms with Crippen LogP contribution in [0.2, 0.25) is 0 Å². The molecule has 4 nitrogen and oxygen atoms in total. The summed E-state index contributed by atoms with van der Waals surface area (Å²) in [6.45, 7) is 1.36. The fraction of sp³-hybridized carbons (Fsp3) is 0.111. The lowest BCUT2D eigenvalue weighted by Gasteiger charge is -2.01. The van der Waals surface area contributed by atoms with Crippen LogP contribution in [0.25, 0.3) is 5.52 Å². The van der Waals surface area contributed by atoms with Crippen LogP contribution in [-0.2, 0) is 4.79 Å². The smallest absolute Gasteiger partial charge is 0.309 e. The van der Waals surface area contributed by atoms with E-state index in [2.05, 4.69) is 4.98 Å². The van der Waals surface area contributed by atoms with Gasteiger partial charge in [0.25, 0.3) is 0 Å². The molecule has 0 saturated carbocycles. The molecule has 2 rings (SSSR count). The Morgan fingerprint density at radius 1 is 1.54 bits per heavy atom. The van der Waals surface area contributed by atoms with E-state index in [1.54, 1.807) is 12.4 Å². The van der Waals surface area contributed by atoms with Gasteiger partial charge in [-0.1, -0.05) is 0 Å². The molecule has 0 amide bonds. The molecule has 66 valence electrons. The number of hydrogen-bond acceptors (Lipinski definition) is 3. The third-order valence-corrected chi connectivity index (χ3v) is 1.66. The fourth-order valence-corrected chi connectivity index (χ4v) is 1.16. The molecular weight excluding hydrogens is 168 g/mol. The number of carbonyl (C=O) groups is 1. The van der Waals surface area contributed by atoms with Gasteiger partial charge in [-0.05, 0) is 12.1 Å². The lowest BCUT2D eigenvalue weighted by atomic mass is 10.5. The van der Waals surface area contributed by atoms with E-state index >= 15 is 0 Å². The van der Waals surface area contributed by atoms with E-state index in [-0.39, 0.29) is 5.97 Å². The minimum atomic E-state index is -0.359. The van der Waals surface area contributed by atoms with Crippen molar-refractivity contribution < 1.29 is 9.53 Å². The van der Waals surface area contributed by atoms with E-state index in [1.165, 1.54) is 6.92 Å². The van der Waals surface area contributed by atoms with E-state index < -0.39 is 0 Å². The van der Waals surface area contributed by atoms with E-state index in [4.69, 9.17) is 4.74 Å². The summed E-state index contributed by atoms with van der Waals surface area (Å²) < 4.78 is 6.75.